The highest BCUT2D eigenvalue weighted by Crippen LogP contribution is 2.46. The Morgan fingerprint density at radius 2 is 1.53 bits per heavy atom. The number of Topliss-reactive ketones (excluding diaryl/α,β-unsaturated/α-hetero) is 1. The van der Waals surface area contributed by atoms with Crippen LogP contribution in [-0.2, 0) is 16.8 Å². The zero-order chi connectivity index (χ0) is 23.9. The number of amides is 1. The van der Waals surface area contributed by atoms with E-state index in [4.69, 9.17) is 23.2 Å². The summed E-state index contributed by atoms with van der Waals surface area (Å²) in [5.41, 5.74) is 2.09. The Bertz CT molecular complexity index is 1240. The molecule has 1 fully saturated rings. The van der Waals surface area contributed by atoms with E-state index in [1.165, 1.54) is 0 Å². The van der Waals surface area contributed by atoms with E-state index in [1.54, 1.807) is 42.2 Å². The number of fused-ring (bicyclic) bond motifs is 1. The first-order valence-corrected chi connectivity index (χ1v) is 12.1. The van der Waals surface area contributed by atoms with Crippen LogP contribution in [0.25, 0.3) is 0 Å². The largest absolute Gasteiger partial charge is 0.368 e. The number of hydrogen-bond acceptors (Lipinski definition) is 4. The molecule has 174 valence electrons. The van der Waals surface area contributed by atoms with Crippen LogP contribution in [0.2, 0.25) is 10.0 Å². The Labute approximate surface area is 209 Å². The smallest absolute Gasteiger partial charge is 0.245 e. The third-order valence-corrected chi connectivity index (χ3v) is 7.24. The van der Waals surface area contributed by atoms with Crippen molar-refractivity contribution in [1.29, 1.82) is 0 Å². The minimum atomic E-state index is -1.39. The average molecular weight is 494 g/mol. The van der Waals surface area contributed by atoms with Crippen molar-refractivity contribution >= 4 is 46.3 Å². The Hall–Kier alpha value is -2.86. The summed E-state index contributed by atoms with van der Waals surface area (Å²) in [4.78, 5) is 32.2. The molecule has 1 saturated heterocycles. The molecule has 0 radical (unpaired) electrons. The molecule has 2 heterocycles. The molecule has 1 N–H and O–H groups in total. The van der Waals surface area contributed by atoms with Crippen molar-refractivity contribution in [2.24, 2.45) is 0 Å². The molecule has 3 aromatic rings. The number of benzene rings is 3. The highest BCUT2D eigenvalue weighted by atomic mass is 35.5. The second kappa shape index (κ2) is 9.06. The lowest BCUT2D eigenvalue weighted by Gasteiger charge is -2.42. The van der Waals surface area contributed by atoms with Gasteiger partial charge in [-0.15, -0.1) is 0 Å². The third-order valence-electron chi connectivity index (χ3n) is 6.77. The molecule has 34 heavy (non-hydrogen) atoms. The van der Waals surface area contributed by atoms with Crippen molar-refractivity contribution in [3.8, 4) is 0 Å². The summed E-state index contributed by atoms with van der Waals surface area (Å²) in [6.45, 7) is 5.20. The molecule has 2 aliphatic rings. The van der Waals surface area contributed by atoms with E-state index in [-0.39, 0.29) is 11.7 Å². The molecule has 0 bridgehead atoms. The van der Waals surface area contributed by atoms with Crippen LogP contribution in [0.3, 0.4) is 0 Å². The van der Waals surface area contributed by atoms with Gasteiger partial charge in [-0.25, -0.2) is 0 Å². The van der Waals surface area contributed by atoms with E-state index >= 15 is 0 Å². The van der Waals surface area contributed by atoms with Crippen LogP contribution in [0, 0.1) is 0 Å². The molecule has 2 aliphatic heterocycles. The third kappa shape index (κ3) is 3.88. The Morgan fingerprint density at radius 1 is 0.882 bits per heavy atom. The number of ketones is 1. The maximum atomic E-state index is 14.2. The van der Waals surface area contributed by atoms with Crippen LogP contribution in [0.4, 0.5) is 11.4 Å². The lowest BCUT2D eigenvalue weighted by atomic mass is 9.71. The van der Waals surface area contributed by atoms with Crippen LogP contribution in [0.5, 0.6) is 0 Å². The van der Waals surface area contributed by atoms with Crippen molar-refractivity contribution in [1.82, 2.24) is 5.32 Å². The van der Waals surface area contributed by atoms with Gasteiger partial charge in [-0.2, -0.15) is 0 Å². The Balaban J connectivity index is 1.72. The fourth-order valence-corrected chi connectivity index (χ4v) is 5.20. The van der Waals surface area contributed by atoms with E-state index in [0.29, 0.717) is 33.4 Å². The number of anilines is 2. The van der Waals surface area contributed by atoms with Gasteiger partial charge in [0, 0.05) is 36.2 Å². The zero-order valence-corrected chi connectivity index (χ0v) is 20.4. The van der Waals surface area contributed by atoms with E-state index in [2.05, 4.69) is 10.2 Å². The predicted molar refractivity (Wildman–Crippen MR) is 137 cm³/mol. The second-order valence-electron chi connectivity index (χ2n) is 8.89. The number of nitrogens with zero attached hydrogens (tertiary/aromatic N) is 2. The van der Waals surface area contributed by atoms with Crippen molar-refractivity contribution in [3.05, 3.63) is 93.5 Å². The highest BCUT2D eigenvalue weighted by Gasteiger charge is 2.52. The summed E-state index contributed by atoms with van der Waals surface area (Å²) in [5, 5.41) is 4.40. The molecule has 0 aliphatic carbocycles. The van der Waals surface area contributed by atoms with E-state index in [1.807, 2.05) is 36.4 Å². The fraction of sp³-hybridized carbons (Fsp3) is 0.259. The Kier molecular flexibility index (Phi) is 6.11. The molecular formula is C27H25Cl2N3O2. The topological polar surface area (TPSA) is 52.7 Å². The van der Waals surface area contributed by atoms with Crippen molar-refractivity contribution in [3.63, 3.8) is 0 Å². The van der Waals surface area contributed by atoms with Gasteiger partial charge in [0.1, 0.15) is 5.41 Å². The van der Waals surface area contributed by atoms with Gasteiger partial charge < -0.3 is 15.1 Å². The SMILES string of the molecule is CC1(c2ccc(Cl)cc2)C(=O)c2c(N3CCNCC3)cc(Cl)cc2N(Cc2ccccc2)C1=O. The van der Waals surface area contributed by atoms with Gasteiger partial charge in [0.25, 0.3) is 0 Å². The summed E-state index contributed by atoms with van der Waals surface area (Å²) >= 11 is 12.7. The average Bonchev–Trinajstić information content (AvgIpc) is 2.86. The van der Waals surface area contributed by atoms with E-state index < -0.39 is 5.41 Å². The van der Waals surface area contributed by atoms with Gasteiger partial charge in [0.2, 0.25) is 5.91 Å². The lowest BCUT2D eigenvalue weighted by Crippen LogP contribution is -2.55. The summed E-state index contributed by atoms with van der Waals surface area (Å²) < 4.78 is 0. The molecule has 5 nitrogen and oxygen atoms in total. The Morgan fingerprint density at radius 3 is 2.21 bits per heavy atom. The minimum absolute atomic E-state index is 0.218. The summed E-state index contributed by atoms with van der Waals surface area (Å²) in [6, 6.07) is 20.3. The van der Waals surface area contributed by atoms with Crippen LogP contribution >= 0.6 is 23.2 Å². The number of halogens is 2. The van der Waals surface area contributed by atoms with Crippen molar-refractivity contribution in [2.75, 3.05) is 36.0 Å². The molecule has 0 aromatic heterocycles. The van der Waals surface area contributed by atoms with Crippen LogP contribution in [-0.4, -0.2) is 37.9 Å². The summed E-state index contributed by atoms with van der Waals surface area (Å²) in [5.74, 6) is -0.492. The van der Waals surface area contributed by atoms with Gasteiger partial charge in [-0.05, 0) is 42.3 Å². The van der Waals surface area contributed by atoms with Gasteiger partial charge >= 0.3 is 0 Å². The zero-order valence-electron chi connectivity index (χ0n) is 18.9. The van der Waals surface area contributed by atoms with Crippen molar-refractivity contribution in [2.45, 2.75) is 18.9 Å². The molecule has 0 saturated carbocycles. The standard InChI is InChI=1S/C27H25Cl2N3O2/c1-27(19-7-9-20(28)10-8-19)25(33)24-22(31-13-11-30-12-14-31)15-21(29)16-23(24)32(26(27)34)17-18-5-3-2-4-6-18/h2-10,15-16,30H,11-14,17H2,1H3. The number of nitrogens with one attached hydrogen (secondary N) is 1. The normalized spacial score (nSPS) is 20.4. The van der Waals surface area contributed by atoms with Gasteiger partial charge in [-0.1, -0.05) is 65.7 Å². The van der Waals surface area contributed by atoms with Crippen LogP contribution in [0.15, 0.2) is 66.7 Å². The summed E-state index contributed by atoms with van der Waals surface area (Å²) in [7, 11) is 0. The molecule has 1 amide bonds. The van der Waals surface area contributed by atoms with Gasteiger partial charge in [-0.3, -0.25) is 9.59 Å². The first-order chi connectivity index (χ1) is 16.4. The number of hydrogen-bond donors (Lipinski definition) is 1. The molecule has 1 atom stereocenters. The summed E-state index contributed by atoms with van der Waals surface area (Å²) in [6.07, 6.45) is 0. The maximum Gasteiger partial charge on any atom is 0.245 e. The predicted octanol–water partition coefficient (Wildman–Crippen LogP) is 5.09. The number of carbonyl (C=O) groups excluding carboxylic acids is 2. The van der Waals surface area contributed by atoms with E-state index in [0.717, 1.165) is 37.4 Å². The quantitative estimate of drug-likeness (QED) is 0.514. The maximum absolute atomic E-state index is 14.2. The fourth-order valence-electron chi connectivity index (χ4n) is 4.87. The molecule has 1 unspecified atom stereocenters. The first-order valence-electron chi connectivity index (χ1n) is 11.4. The van der Waals surface area contributed by atoms with Crippen molar-refractivity contribution < 1.29 is 9.59 Å². The van der Waals surface area contributed by atoms with Gasteiger partial charge in [0.15, 0.2) is 5.78 Å². The second-order valence-corrected chi connectivity index (χ2v) is 9.77. The molecular weight excluding hydrogens is 469 g/mol. The minimum Gasteiger partial charge on any atom is -0.368 e. The number of piperazine rings is 1. The first kappa shape index (κ1) is 22.9. The van der Waals surface area contributed by atoms with E-state index in [9.17, 15) is 9.59 Å². The highest BCUT2D eigenvalue weighted by molar-refractivity contribution is 6.34. The molecule has 5 rings (SSSR count). The number of rotatable bonds is 4. The molecule has 7 heteroatoms. The molecule has 0 spiro atoms. The monoisotopic (exact) mass is 493 g/mol. The number of carbonyl (C=O) groups is 2. The van der Waals surface area contributed by atoms with Crippen LogP contribution < -0.4 is 15.1 Å². The molecule has 3 aromatic carbocycles. The van der Waals surface area contributed by atoms with Crippen LogP contribution in [0.1, 0.15) is 28.4 Å². The lowest BCUT2D eigenvalue weighted by molar-refractivity contribution is -0.122. The van der Waals surface area contributed by atoms with Gasteiger partial charge in [0.05, 0.1) is 23.5 Å².